The molecule has 1 spiro atoms. The van der Waals surface area contributed by atoms with E-state index < -0.39 is 0 Å². The summed E-state index contributed by atoms with van der Waals surface area (Å²) in [4.78, 5) is 4.23. The van der Waals surface area contributed by atoms with Gasteiger partial charge in [-0.25, -0.2) is 10.4 Å². The van der Waals surface area contributed by atoms with Gasteiger partial charge in [0.1, 0.15) is 12.2 Å². The minimum atomic E-state index is 0.0499. The van der Waals surface area contributed by atoms with Gasteiger partial charge in [-0.1, -0.05) is 12.8 Å². The zero-order valence-electron chi connectivity index (χ0n) is 10.6. The van der Waals surface area contributed by atoms with E-state index in [2.05, 4.69) is 20.6 Å². The van der Waals surface area contributed by atoms with Gasteiger partial charge in [-0.2, -0.15) is 5.10 Å². The second-order valence-electron chi connectivity index (χ2n) is 5.51. The second kappa shape index (κ2) is 4.95. The number of nitrogens with two attached hydrogens (primary N) is 1. The molecule has 2 aliphatic rings. The van der Waals surface area contributed by atoms with Crippen LogP contribution in [0.5, 0.6) is 0 Å². The van der Waals surface area contributed by atoms with E-state index in [-0.39, 0.29) is 11.6 Å². The van der Waals surface area contributed by atoms with Crippen molar-refractivity contribution >= 4 is 0 Å². The molecular formula is C12H21N5O. The Balaban J connectivity index is 1.74. The molecule has 0 bridgehead atoms. The SMILES string of the molecule is NNC(c1ncn[nH]1)C1CCOC2(CCCC2)C1. The van der Waals surface area contributed by atoms with E-state index in [0.717, 1.165) is 25.3 Å². The summed E-state index contributed by atoms with van der Waals surface area (Å²) in [6.07, 6.45) is 8.59. The monoisotopic (exact) mass is 251 g/mol. The van der Waals surface area contributed by atoms with Gasteiger partial charge in [0.2, 0.25) is 0 Å². The first-order valence-electron chi connectivity index (χ1n) is 6.78. The molecule has 1 saturated carbocycles. The van der Waals surface area contributed by atoms with Crippen molar-refractivity contribution in [3.05, 3.63) is 12.2 Å². The van der Waals surface area contributed by atoms with Crippen LogP contribution in [0.1, 0.15) is 50.4 Å². The standard InChI is InChI=1S/C12H21N5O/c13-16-10(11-14-8-15-17-11)9-3-6-18-12(7-9)4-1-2-5-12/h8-10,16H,1-7,13H2,(H,14,15,17). The van der Waals surface area contributed by atoms with Gasteiger partial charge in [0, 0.05) is 6.61 Å². The van der Waals surface area contributed by atoms with Crippen LogP contribution in [0.15, 0.2) is 6.33 Å². The Bertz CT molecular complexity index is 374. The lowest BCUT2D eigenvalue weighted by Gasteiger charge is -2.40. The third-order valence-electron chi connectivity index (χ3n) is 4.43. The lowest BCUT2D eigenvalue weighted by molar-refractivity contribution is -0.0986. The Morgan fingerprint density at radius 3 is 3.00 bits per heavy atom. The minimum absolute atomic E-state index is 0.0499. The van der Waals surface area contributed by atoms with Gasteiger partial charge in [0.25, 0.3) is 0 Å². The number of ether oxygens (including phenoxy) is 1. The number of hydrogen-bond acceptors (Lipinski definition) is 5. The fourth-order valence-electron chi connectivity index (χ4n) is 3.52. The highest BCUT2D eigenvalue weighted by atomic mass is 16.5. The Hall–Kier alpha value is -0.980. The van der Waals surface area contributed by atoms with Crippen molar-refractivity contribution in [1.82, 2.24) is 20.6 Å². The molecule has 0 radical (unpaired) electrons. The largest absolute Gasteiger partial charge is 0.375 e. The van der Waals surface area contributed by atoms with Gasteiger partial charge in [-0.3, -0.25) is 10.9 Å². The molecule has 4 N–H and O–H groups in total. The molecule has 1 aromatic rings. The third-order valence-corrected chi connectivity index (χ3v) is 4.43. The van der Waals surface area contributed by atoms with Crippen molar-refractivity contribution < 1.29 is 4.74 Å². The van der Waals surface area contributed by atoms with Crippen LogP contribution in [-0.2, 0) is 4.74 Å². The van der Waals surface area contributed by atoms with E-state index in [0.29, 0.717) is 5.92 Å². The first-order chi connectivity index (χ1) is 8.83. The van der Waals surface area contributed by atoms with E-state index in [4.69, 9.17) is 10.6 Å². The van der Waals surface area contributed by atoms with E-state index in [1.165, 1.54) is 32.0 Å². The van der Waals surface area contributed by atoms with Crippen molar-refractivity contribution in [2.45, 2.75) is 50.2 Å². The Morgan fingerprint density at radius 1 is 1.50 bits per heavy atom. The molecule has 2 heterocycles. The normalized spacial score (nSPS) is 28.6. The molecule has 0 aromatic carbocycles. The second-order valence-corrected chi connectivity index (χ2v) is 5.51. The number of hydrogen-bond donors (Lipinski definition) is 3. The number of nitrogens with one attached hydrogen (secondary N) is 2. The topological polar surface area (TPSA) is 88.9 Å². The number of aromatic nitrogens is 3. The van der Waals surface area contributed by atoms with E-state index in [1.54, 1.807) is 0 Å². The van der Waals surface area contributed by atoms with Crippen molar-refractivity contribution in [1.29, 1.82) is 0 Å². The smallest absolute Gasteiger partial charge is 0.143 e. The molecular weight excluding hydrogens is 230 g/mol. The summed E-state index contributed by atoms with van der Waals surface area (Å²) < 4.78 is 6.05. The highest BCUT2D eigenvalue weighted by Crippen LogP contribution is 2.44. The van der Waals surface area contributed by atoms with Crippen molar-refractivity contribution in [3.8, 4) is 0 Å². The summed E-state index contributed by atoms with van der Waals surface area (Å²) in [6.45, 7) is 0.830. The summed E-state index contributed by atoms with van der Waals surface area (Å²) in [6, 6.07) is 0.0499. The zero-order chi connectivity index (χ0) is 12.4. The summed E-state index contributed by atoms with van der Waals surface area (Å²) in [5.74, 6) is 7.00. The van der Waals surface area contributed by atoms with Crippen LogP contribution in [0, 0.1) is 5.92 Å². The number of hydrazine groups is 1. The van der Waals surface area contributed by atoms with Gasteiger partial charge < -0.3 is 4.74 Å². The zero-order valence-corrected chi connectivity index (χ0v) is 10.6. The summed E-state index contributed by atoms with van der Waals surface area (Å²) in [7, 11) is 0. The molecule has 0 amide bonds. The average molecular weight is 251 g/mol. The summed E-state index contributed by atoms with van der Waals surface area (Å²) in [5.41, 5.74) is 3.00. The van der Waals surface area contributed by atoms with Gasteiger partial charge in [0.05, 0.1) is 11.6 Å². The van der Waals surface area contributed by atoms with Crippen LogP contribution in [0.3, 0.4) is 0 Å². The lowest BCUT2D eigenvalue weighted by Crippen LogP contribution is -2.43. The molecule has 100 valence electrons. The predicted octanol–water partition coefficient (Wildman–Crippen LogP) is 1.05. The molecule has 6 heteroatoms. The van der Waals surface area contributed by atoms with Gasteiger partial charge in [-0.15, -0.1) is 0 Å². The molecule has 1 saturated heterocycles. The Morgan fingerprint density at radius 2 is 2.33 bits per heavy atom. The van der Waals surface area contributed by atoms with Gasteiger partial charge in [-0.05, 0) is 31.6 Å². The lowest BCUT2D eigenvalue weighted by atomic mass is 9.80. The highest BCUT2D eigenvalue weighted by Gasteiger charge is 2.42. The molecule has 18 heavy (non-hydrogen) atoms. The molecule has 2 fully saturated rings. The average Bonchev–Trinajstić information content (AvgIpc) is 3.03. The van der Waals surface area contributed by atoms with E-state index in [1.807, 2.05) is 0 Å². The van der Waals surface area contributed by atoms with Gasteiger partial charge in [0.15, 0.2) is 0 Å². The number of rotatable bonds is 3. The molecule has 3 rings (SSSR count). The number of nitrogens with zero attached hydrogens (tertiary/aromatic N) is 2. The predicted molar refractivity (Wildman–Crippen MR) is 66.3 cm³/mol. The van der Waals surface area contributed by atoms with Crippen LogP contribution in [0.2, 0.25) is 0 Å². The van der Waals surface area contributed by atoms with E-state index in [9.17, 15) is 0 Å². The number of aromatic amines is 1. The molecule has 6 nitrogen and oxygen atoms in total. The van der Waals surface area contributed by atoms with Crippen LogP contribution in [0.25, 0.3) is 0 Å². The Labute approximate surface area is 107 Å². The maximum Gasteiger partial charge on any atom is 0.143 e. The first kappa shape index (κ1) is 12.1. The molecule has 2 atom stereocenters. The third kappa shape index (κ3) is 2.15. The van der Waals surface area contributed by atoms with Crippen molar-refractivity contribution in [2.75, 3.05) is 6.61 Å². The number of H-pyrrole nitrogens is 1. The first-order valence-corrected chi connectivity index (χ1v) is 6.78. The fourth-order valence-corrected chi connectivity index (χ4v) is 3.52. The maximum atomic E-state index is 6.05. The van der Waals surface area contributed by atoms with Crippen LogP contribution in [0.4, 0.5) is 0 Å². The molecule has 2 unspecified atom stereocenters. The van der Waals surface area contributed by atoms with Crippen LogP contribution < -0.4 is 11.3 Å². The molecule has 1 aliphatic carbocycles. The van der Waals surface area contributed by atoms with E-state index >= 15 is 0 Å². The summed E-state index contributed by atoms with van der Waals surface area (Å²) in [5, 5.41) is 6.83. The fraction of sp³-hybridized carbons (Fsp3) is 0.833. The maximum absolute atomic E-state index is 6.05. The summed E-state index contributed by atoms with van der Waals surface area (Å²) >= 11 is 0. The van der Waals surface area contributed by atoms with Crippen LogP contribution in [-0.4, -0.2) is 27.4 Å². The molecule has 1 aromatic heterocycles. The molecule has 1 aliphatic heterocycles. The minimum Gasteiger partial charge on any atom is -0.375 e. The Kier molecular flexibility index (Phi) is 3.32. The highest BCUT2D eigenvalue weighted by molar-refractivity contribution is 5.00. The quantitative estimate of drug-likeness (QED) is 0.552. The van der Waals surface area contributed by atoms with Crippen molar-refractivity contribution in [2.24, 2.45) is 11.8 Å². The van der Waals surface area contributed by atoms with Crippen LogP contribution >= 0.6 is 0 Å². The van der Waals surface area contributed by atoms with Gasteiger partial charge >= 0.3 is 0 Å². The van der Waals surface area contributed by atoms with Crippen molar-refractivity contribution in [3.63, 3.8) is 0 Å².